The molecule has 0 aromatic carbocycles. The summed E-state index contributed by atoms with van der Waals surface area (Å²) in [4.78, 5) is 16.4. The second kappa shape index (κ2) is 6.05. The van der Waals surface area contributed by atoms with Crippen molar-refractivity contribution in [1.82, 2.24) is 25.4 Å². The zero-order chi connectivity index (χ0) is 14.7. The van der Waals surface area contributed by atoms with E-state index in [1.807, 2.05) is 31.3 Å². The van der Waals surface area contributed by atoms with Crippen LogP contribution in [0.1, 0.15) is 12.5 Å². The molecule has 2 aromatic heterocycles. The normalized spacial score (nSPS) is 16.2. The number of nitrogens with zero attached hydrogens (tertiary/aromatic N) is 3. The summed E-state index contributed by atoms with van der Waals surface area (Å²) in [5, 5.41) is 10.3. The Kier molecular flexibility index (Phi) is 3.96. The molecule has 6 heteroatoms. The fraction of sp³-hybridized carbons (Fsp3) is 0.400. The zero-order valence-electron chi connectivity index (χ0n) is 12.0. The van der Waals surface area contributed by atoms with Gasteiger partial charge in [0.2, 0.25) is 5.91 Å². The largest absolute Gasteiger partial charge is 0.352 e. The van der Waals surface area contributed by atoms with Crippen molar-refractivity contribution in [2.45, 2.75) is 13.5 Å². The smallest absolute Gasteiger partial charge is 0.223 e. The molecule has 2 aromatic rings. The third kappa shape index (κ3) is 3.11. The minimum Gasteiger partial charge on any atom is -0.352 e. The number of hydrogen-bond donors (Lipinski definition) is 2. The molecule has 1 saturated heterocycles. The highest BCUT2D eigenvalue weighted by molar-refractivity contribution is 5.78. The van der Waals surface area contributed by atoms with E-state index >= 15 is 0 Å². The fourth-order valence-electron chi connectivity index (χ4n) is 2.33. The second-order valence-electron chi connectivity index (χ2n) is 5.40. The number of rotatable bonds is 5. The average molecular weight is 285 g/mol. The predicted octanol–water partition coefficient (Wildman–Crippen LogP) is 0.739. The summed E-state index contributed by atoms with van der Waals surface area (Å²) in [5.41, 5.74) is 1.02. The van der Waals surface area contributed by atoms with Gasteiger partial charge in [-0.3, -0.25) is 4.79 Å². The van der Waals surface area contributed by atoms with Gasteiger partial charge in [-0.2, -0.15) is 5.10 Å². The summed E-state index contributed by atoms with van der Waals surface area (Å²) in [7, 11) is 0. The zero-order valence-corrected chi connectivity index (χ0v) is 12.0. The lowest BCUT2D eigenvalue weighted by Crippen LogP contribution is -2.49. The number of amides is 1. The minimum atomic E-state index is 0.0543. The third-order valence-electron chi connectivity index (χ3n) is 3.95. The van der Waals surface area contributed by atoms with Gasteiger partial charge in [0.15, 0.2) is 5.82 Å². The Labute approximate surface area is 123 Å². The molecule has 110 valence electrons. The first kappa shape index (κ1) is 13.8. The molecule has 1 aliphatic rings. The van der Waals surface area contributed by atoms with E-state index in [1.165, 1.54) is 0 Å². The standard InChI is InChI=1S/C15H19N5O/c1-11(13-9-16-10-13)15(21)18-8-12-3-5-17-14(7-12)20-6-2-4-19-20/h2-7,11,13,16H,8-10H2,1H3,(H,18,21). The summed E-state index contributed by atoms with van der Waals surface area (Å²) in [6.45, 7) is 4.38. The van der Waals surface area contributed by atoms with Crippen LogP contribution in [0.5, 0.6) is 0 Å². The Morgan fingerprint density at radius 2 is 2.38 bits per heavy atom. The van der Waals surface area contributed by atoms with Crippen LogP contribution in [0, 0.1) is 11.8 Å². The summed E-state index contributed by atoms with van der Waals surface area (Å²) < 4.78 is 1.70. The van der Waals surface area contributed by atoms with Crippen molar-refractivity contribution in [3.63, 3.8) is 0 Å². The van der Waals surface area contributed by atoms with Gasteiger partial charge < -0.3 is 10.6 Å². The number of carbonyl (C=O) groups excluding carboxylic acids is 1. The molecular weight excluding hydrogens is 266 g/mol. The van der Waals surface area contributed by atoms with Gasteiger partial charge in [-0.25, -0.2) is 9.67 Å². The van der Waals surface area contributed by atoms with Gasteiger partial charge in [-0.1, -0.05) is 6.92 Å². The molecule has 1 fully saturated rings. The second-order valence-corrected chi connectivity index (χ2v) is 5.40. The lowest BCUT2D eigenvalue weighted by Gasteiger charge is -2.31. The molecule has 3 heterocycles. The Balaban J connectivity index is 1.60. The van der Waals surface area contributed by atoms with E-state index in [0.29, 0.717) is 12.5 Å². The molecule has 1 amide bonds. The first-order chi connectivity index (χ1) is 10.2. The van der Waals surface area contributed by atoms with Crippen LogP contribution in [0.3, 0.4) is 0 Å². The fourth-order valence-corrected chi connectivity index (χ4v) is 2.33. The first-order valence-corrected chi connectivity index (χ1v) is 7.17. The molecule has 1 atom stereocenters. The van der Waals surface area contributed by atoms with E-state index in [9.17, 15) is 4.79 Å². The SMILES string of the molecule is CC(C(=O)NCc1ccnc(-n2cccn2)c1)C1CNC1. The van der Waals surface area contributed by atoms with E-state index in [0.717, 1.165) is 24.5 Å². The maximum Gasteiger partial charge on any atom is 0.223 e. The van der Waals surface area contributed by atoms with E-state index in [2.05, 4.69) is 20.7 Å². The highest BCUT2D eigenvalue weighted by Crippen LogP contribution is 2.16. The van der Waals surface area contributed by atoms with E-state index < -0.39 is 0 Å². The van der Waals surface area contributed by atoms with Crippen molar-refractivity contribution >= 4 is 5.91 Å². The number of hydrogen-bond acceptors (Lipinski definition) is 4. The maximum atomic E-state index is 12.1. The highest BCUT2D eigenvalue weighted by Gasteiger charge is 2.28. The van der Waals surface area contributed by atoms with Gasteiger partial charge in [0.05, 0.1) is 0 Å². The Morgan fingerprint density at radius 1 is 1.52 bits per heavy atom. The van der Waals surface area contributed by atoms with E-state index in [1.54, 1.807) is 17.1 Å². The Bertz CT molecular complexity index is 606. The van der Waals surface area contributed by atoms with Crippen LogP contribution in [0.2, 0.25) is 0 Å². The lowest BCUT2D eigenvalue weighted by molar-refractivity contribution is -0.126. The van der Waals surface area contributed by atoms with Crippen LogP contribution in [0.4, 0.5) is 0 Å². The van der Waals surface area contributed by atoms with Crippen molar-refractivity contribution in [3.05, 3.63) is 42.4 Å². The first-order valence-electron chi connectivity index (χ1n) is 7.17. The highest BCUT2D eigenvalue weighted by atomic mass is 16.1. The van der Waals surface area contributed by atoms with Crippen LogP contribution < -0.4 is 10.6 Å². The van der Waals surface area contributed by atoms with Crippen molar-refractivity contribution in [3.8, 4) is 5.82 Å². The van der Waals surface area contributed by atoms with Crippen LogP contribution >= 0.6 is 0 Å². The van der Waals surface area contributed by atoms with Crippen molar-refractivity contribution < 1.29 is 4.79 Å². The quantitative estimate of drug-likeness (QED) is 0.850. The summed E-state index contributed by atoms with van der Waals surface area (Å²) >= 11 is 0. The molecule has 1 aliphatic heterocycles. The third-order valence-corrected chi connectivity index (χ3v) is 3.95. The van der Waals surface area contributed by atoms with Gasteiger partial charge in [0.1, 0.15) is 0 Å². The molecule has 0 spiro atoms. The molecule has 1 unspecified atom stereocenters. The molecule has 21 heavy (non-hydrogen) atoms. The monoisotopic (exact) mass is 285 g/mol. The maximum absolute atomic E-state index is 12.1. The van der Waals surface area contributed by atoms with Crippen LogP contribution in [0.15, 0.2) is 36.8 Å². The number of pyridine rings is 1. The van der Waals surface area contributed by atoms with Crippen LogP contribution in [0.25, 0.3) is 5.82 Å². The number of nitrogens with one attached hydrogen (secondary N) is 2. The van der Waals surface area contributed by atoms with E-state index in [-0.39, 0.29) is 11.8 Å². The Hall–Kier alpha value is -2.21. The van der Waals surface area contributed by atoms with Gasteiger partial charge >= 0.3 is 0 Å². The Morgan fingerprint density at radius 3 is 3.05 bits per heavy atom. The molecule has 3 rings (SSSR count). The van der Waals surface area contributed by atoms with E-state index in [4.69, 9.17) is 0 Å². The van der Waals surface area contributed by atoms with Gasteiger partial charge in [0.25, 0.3) is 0 Å². The van der Waals surface area contributed by atoms with Gasteiger partial charge in [-0.05, 0) is 42.8 Å². The number of aromatic nitrogens is 3. The lowest BCUT2D eigenvalue weighted by atomic mass is 9.88. The summed E-state index contributed by atoms with van der Waals surface area (Å²) in [6, 6.07) is 5.69. The summed E-state index contributed by atoms with van der Waals surface area (Å²) in [5.74, 6) is 1.38. The average Bonchev–Trinajstić information content (AvgIpc) is 2.97. The predicted molar refractivity (Wildman–Crippen MR) is 78.7 cm³/mol. The topological polar surface area (TPSA) is 71.8 Å². The van der Waals surface area contributed by atoms with Gasteiger partial charge in [0, 0.05) is 31.1 Å². The van der Waals surface area contributed by atoms with Crippen molar-refractivity contribution in [1.29, 1.82) is 0 Å². The van der Waals surface area contributed by atoms with Crippen LogP contribution in [-0.4, -0.2) is 33.8 Å². The molecular formula is C15H19N5O. The molecule has 0 saturated carbocycles. The minimum absolute atomic E-state index is 0.0543. The molecule has 0 aliphatic carbocycles. The number of carbonyl (C=O) groups is 1. The molecule has 2 N–H and O–H groups in total. The molecule has 6 nitrogen and oxygen atoms in total. The van der Waals surface area contributed by atoms with Gasteiger partial charge in [-0.15, -0.1) is 0 Å². The molecule has 0 radical (unpaired) electrons. The van der Waals surface area contributed by atoms with Crippen LogP contribution in [-0.2, 0) is 11.3 Å². The summed E-state index contributed by atoms with van der Waals surface area (Å²) in [6.07, 6.45) is 5.29. The van der Waals surface area contributed by atoms with Crippen molar-refractivity contribution in [2.75, 3.05) is 13.1 Å². The molecule has 0 bridgehead atoms. The van der Waals surface area contributed by atoms with Crippen molar-refractivity contribution in [2.24, 2.45) is 11.8 Å².